The molecule has 0 aromatic heterocycles. The van der Waals surface area contributed by atoms with Crippen LogP contribution >= 0.6 is 0 Å². The number of carbonyl (C=O) groups is 4. The van der Waals surface area contributed by atoms with Crippen LogP contribution in [-0.4, -0.2) is 30.2 Å². The van der Waals surface area contributed by atoms with E-state index < -0.39 is 30.1 Å². The van der Waals surface area contributed by atoms with E-state index in [2.05, 4.69) is 10.6 Å². The Morgan fingerprint density at radius 1 is 0.964 bits per heavy atom. The van der Waals surface area contributed by atoms with Crippen molar-refractivity contribution in [3.05, 3.63) is 59.4 Å². The topological polar surface area (TPSA) is 102 Å². The summed E-state index contributed by atoms with van der Waals surface area (Å²) in [6.07, 6.45) is -0.306. The number of carbonyl (C=O) groups excluding carboxylic acids is 4. The number of hydrogen-bond donors (Lipinski definition) is 2. The second-order valence-corrected chi connectivity index (χ2v) is 5.97. The highest BCUT2D eigenvalue weighted by Crippen LogP contribution is 2.22. The number of esters is 1. The lowest BCUT2D eigenvalue weighted by Crippen LogP contribution is -2.18. The second kappa shape index (κ2) is 9.40. The molecular formula is C20H19FN2O5. The maximum absolute atomic E-state index is 13.6. The Hall–Kier alpha value is -3.55. The van der Waals surface area contributed by atoms with Gasteiger partial charge in [0.2, 0.25) is 17.6 Å². The van der Waals surface area contributed by atoms with Crippen LogP contribution in [0.2, 0.25) is 0 Å². The summed E-state index contributed by atoms with van der Waals surface area (Å²) in [6, 6.07) is 10.1. The van der Waals surface area contributed by atoms with Gasteiger partial charge in [-0.3, -0.25) is 19.2 Å². The SMILES string of the molecule is CC(=O)Nc1ccc(C(=O)COC(=O)Cc2ccccc2F)c(NC(C)=O)c1. The Kier molecular flexibility index (Phi) is 6.97. The van der Waals surface area contributed by atoms with Gasteiger partial charge >= 0.3 is 5.97 Å². The lowest BCUT2D eigenvalue weighted by molar-refractivity contribution is -0.141. The Bertz CT molecular complexity index is 927. The monoisotopic (exact) mass is 386 g/mol. The Balaban J connectivity index is 2.07. The number of Topliss-reactive ketones (excluding diaryl/α,β-unsaturated/α-hetero) is 1. The fraction of sp³-hybridized carbons (Fsp3) is 0.200. The fourth-order valence-corrected chi connectivity index (χ4v) is 2.43. The normalized spacial score (nSPS) is 10.1. The molecule has 0 bridgehead atoms. The summed E-state index contributed by atoms with van der Waals surface area (Å²) in [6.45, 7) is 2.03. The maximum atomic E-state index is 13.6. The highest BCUT2D eigenvalue weighted by Gasteiger charge is 2.17. The summed E-state index contributed by atoms with van der Waals surface area (Å²) in [7, 11) is 0. The van der Waals surface area contributed by atoms with Crippen molar-refractivity contribution in [2.75, 3.05) is 17.2 Å². The first-order valence-electron chi connectivity index (χ1n) is 8.37. The van der Waals surface area contributed by atoms with Crippen molar-refractivity contribution in [1.82, 2.24) is 0 Å². The first-order chi connectivity index (χ1) is 13.3. The molecule has 0 aliphatic rings. The predicted octanol–water partition coefficient (Wildman–Crippen LogP) is 2.71. The number of anilines is 2. The molecule has 28 heavy (non-hydrogen) atoms. The highest BCUT2D eigenvalue weighted by atomic mass is 19.1. The van der Waals surface area contributed by atoms with Gasteiger partial charge in [-0.1, -0.05) is 18.2 Å². The number of rotatable bonds is 7. The molecule has 0 unspecified atom stereocenters. The van der Waals surface area contributed by atoms with E-state index in [1.807, 2.05) is 0 Å². The molecule has 0 fully saturated rings. The van der Waals surface area contributed by atoms with Crippen molar-refractivity contribution in [3.63, 3.8) is 0 Å². The van der Waals surface area contributed by atoms with Gasteiger partial charge in [0.1, 0.15) is 5.82 Å². The number of halogens is 1. The molecule has 0 aliphatic heterocycles. The van der Waals surface area contributed by atoms with Crippen molar-refractivity contribution in [2.24, 2.45) is 0 Å². The Labute approximate surface area is 160 Å². The summed E-state index contributed by atoms with van der Waals surface area (Å²) < 4.78 is 18.5. The van der Waals surface area contributed by atoms with Gasteiger partial charge in [0.05, 0.1) is 12.1 Å². The molecule has 2 rings (SSSR count). The third-order valence-electron chi connectivity index (χ3n) is 3.61. The van der Waals surface area contributed by atoms with Gasteiger partial charge in [0.25, 0.3) is 0 Å². The molecule has 2 aromatic carbocycles. The van der Waals surface area contributed by atoms with Gasteiger partial charge in [-0.15, -0.1) is 0 Å². The molecule has 2 N–H and O–H groups in total. The molecular weight excluding hydrogens is 367 g/mol. The van der Waals surface area contributed by atoms with Crippen molar-refractivity contribution in [2.45, 2.75) is 20.3 Å². The maximum Gasteiger partial charge on any atom is 0.310 e. The van der Waals surface area contributed by atoms with Gasteiger partial charge < -0.3 is 15.4 Å². The fourth-order valence-electron chi connectivity index (χ4n) is 2.43. The molecule has 2 amide bonds. The van der Waals surface area contributed by atoms with Gasteiger partial charge in [0.15, 0.2) is 6.61 Å². The van der Waals surface area contributed by atoms with E-state index in [9.17, 15) is 23.6 Å². The van der Waals surface area contributed by atoms with Crippen LogP contribution in [0, 0.1) is 5.82 Å². The zero-order valence-corrected chi connectivity index (χ0v) is 15.4. The number of amides is 2. The molecule has 7 nitrogen and oxygen atoms in total. The quantitative estimate of drug-likeness (QED) is 0.563. The molecule has 0 saturated carbocycles. The van der Waals surface area contributed by atoms with Crippen LogP contribution in [0.4, 0.5) is 15.8 Å². The van der Waals surface area contributed by atoms with Crippen LogP contribution in [0.1, 0.15) is 29.8 Å². The van der Waals surface area contributed by atoms with Crippen LogP contribution in [0.5, 0.6) is 0 Å². The molecule has 146 valence electrons. The lowest BCUT2D eigenvalue weighted by atomic mass is 10.1. The van der Waals surface area contributed by atoms with E-state index in [0.29, 0.717) is 5.69 Å². The first-order valence-corrected chi connectivity index (χ1v) is 8.37. The summed E-state index contributed by atoms with van der Waals surface area (Å²) in [5.74, 6) is -2.57. The van der Waals surface area contributed by atoms with Crippen LogP contribution in [-0.2, 0) is 25.5 Å². The zero-order chi connectivity index (χ0) is 20.7. The van der Waals surface area contributed by atoms with E-state index in [-0.39, 0.29) is 29.1 Å². The van der Waals surface area contributed by atoms with E-state index in [4.69, 9.17) is 4.74 Å². The van der Waals surface area contributed by atoms with Crippen LogP contribution < -0.4 is 10.6 Å². The second-order valence-electron chi connectivity index (χ2n) is 5.97. The van der Waals surface area contributed by atoms with Crippen molar-refractivity contribution >= 4 is 34.9 Å². The number of ketones is 1. The molecule has 2 aromatic rings. The standard InChI is InChI=1S/C20H19FN2O5/c1-12(24)22-15-7-8-16(18(10-15)23-13(2)25)19(26)11-28-20(27)9-14-5-3-4-6-17(14)21/h3-8,10H,9,11H2,1-2H3,(H,22,24)(H,23,25). The Morgan fingerprint density at radius 2 is 1.64 bits per heavy atom. The Morgan fingerprint density at radius 3 is 2.29 bits per heavy atom. The van der Waals surface area contributed by atoms with Gasteiger partial charge in [-0.05, 0) is 29.8 Å². The number of ether oxygens (including phenoxy) is 1. The molecule has 0 radical (unpaired) electrons. The lowest BCUT2D eigenvalue weighted by Gasteiger charge is -2.12. The molecule has 0 saturated heterocycles. The smallest absolute Gasteiger partial charge is 0.310 e. The third-order valence-corrected chi connectivity index (χ3v) is 3.61. The minimum absolute atomic E-state index is 0.114. The average molecular weight is 386 g/mol. The molecule has 8 heteroatoms. The van der Waals surface area contributed by atoms with E-state index in [1.54, 1.807) is 6.07 Å². The number of benzene rings is 2. The molecule has 0 spiro atoms. The first kappa shape index (κ1) is 20.8. The van der Waals surface area contributed by atoms with Gasteiger partial charge in [0, 0.05) is 25.1 Å². The predicted molar refractivity (Wildman–Crippen MR) is 100 cm³/mol. The minimum Gasteiger partial charge on any atom is -0.457 e. The van der Waals surface area contributed by atoms with Crippen molar-refractivity contribution in [1.29, 1.82) is 0 Å². The number of hydrogen-bond acceptors (Lipinski definition) is 5. The van der Waals surface area contributed by atoms with E-state index in [1.165, 1.54) is 50.2 Å². The molecule has 0 aliphatic carbocycles. The average Bonchev–Trinajstić information content (AvgIpc) is 2.61. The van der Waals surface area contributed by atoms with E-state index >= 15 is 0 Å². The highest BCUT2D eigenvalue weighted by molar-refractivity contribution is 6.06. The van der Waals surface area contributed by atoms with Gasteiger partial charge in [-0.2, -0.15) is 0 Å². The summed E-state index contributed by atoms with van der Waals surface area (Å²) in [5.41, 5.74) is 0.847. The zero-order valence-electron chi connectivity index (χ0n) is 15.4. The third kappa shape index (κ3) is 6.01. The van der Waals surface area contributed by atoms with Gasteiger partial charge in [-0.25, -0.2) is 4.39 Å². The van der Waals surface area contributed by atoms with Crippen LogP contribution in [0.3, 0.4) is 0 Å². The summed E-state index contributed by atoms with van der Waals surface area (Å²) in [5, 5.41) is 5.05. The minimum atomic E-state index is -0.755. The van der Waals surface area contributed by atoms with Crippen molar-refractivity contribution < 1.29 is 28.3 Å². The summed E-state index contributed by atoms with van der Waals surface area (Å²) >= 11 is 0. The van der Waals surface area contributed by atoms with Crippen molar-refractivity contribution in [3.8, 4) is 0 Å². The van der Waals surface area contributed by atoms with E-state index in [0.717, 1.165) is 0 Å². The van der Waals surface area contributed by atoms with Crippen LogP contribution in [0.15, 0.2) is 42.5 Å². The number of nitrogens with one attached hydrogen (secondary N) is 2. The largest absolute Gasteiger partial charge is 0.457 e. The van der Waals surface area contributed by atoms with Crippen LogP contribution in [0.25, 0.3) is 0 Å². The molecule has 0 heterocycles. The molecule has 0 atom stereocenters. The summed E-state index contributed by atoms with van der Waals surface area (Å²) in [4.78, 5) is 46.9.